The lowest BCUT2D eigenvalue weighted by Crippen LogP contribution is -2.36. The quantitative estimate of drug-likeness (QED) is 0.733. The van der Waals surface area contributed by atoms with E-state index in [2.05, 4.69) is 26.1 Å². The summed E-state index contributed by atoms with van der Waals surface area (Å²) < 4.78 is 0. The first-order chi connectivity index (χ1) is 6.66. The summed E-state index contributed by atoms with van der Waals surface area (Å²) in [5, 5.41) is 3.32. The van der Waals surface area contributed by atoms with Crippen LogP contribution in [0.1, 0.15) is 46.5 Å². The summed E-state index contributed by atoms with van der Waals surface area (Å²) in [6.45, 7) is 8.29. The minimum absolute atomic E-state index is 0.0331. The van der Waals surface area contributed by atoms with Crippen molar-refractivity contribution in [3.05, 3.63) is 0 Å². The van der Waals surface area contributed by atoms with E-state index >= 15 is 0 Å². The third kappa shape index (κ3) is 2.17. The van der Waals surface area contributed by atoms with Crippen LogP contribution in [0, 0.1) is 11.3 Å². The molecule has 0 amide bonds. The van der Waals surface area contributed by atoms with Gasteiger partial charge in [-0.2, -0.15) is 0 Å². The van der Waals surface area contributed by atoms with Crippen molar-refractivity contribution in [1.29, 1.82) is 0 Å². The molecule has 0 aromatic heterocycles. The molecule has 1 heterocycles. The van der Waals surface area contributed by atoms with Gasteiger partial charge in [-0.3, -0.25) is 4.79 Å². The predicted octanol–water partition coefficient (Wildman–Crippen LogP) is 2.38. The van der Waals surface area contributed by atoms with Gasteiger partial charge < -0.3 is 5.32 Å². The largest absolute Gasteiger partial charge is 0.316 e. The molecule has 0 aromatic carbocycles. The molecule has 14 heavy (non-hydrogen) atoms. The van der Waals surface area contributed by atoms with Gasteiger partial charge in [-0.05, 0) is 25.8 Å². The lowest BCUT2D eigenvalue weighted by Gasteiger charge is -2.28. The molecule has 1 N–H and O–H groups in total. The lowest BCUT2D eigenvalue weighted by atomic mass is 9.74. The SMILES string of the molecule is CCCC(C)C(=O)C1(CC)CCNC1. The topological polar surface area (TPSA) is 29.1 Å². The lowest BCUT2D eigenvalue weighted by molar-refractivity contribution is -0.131. The van der Waals surface area contributed by atoms with E-state index in [0.717, 1.165) is 38.8 Å². The molecule has 1 fully saturated rings. The van der Waals surface area contributed by atoms with Crippen LogP contribution in [0.15, 0.2) is 0 Å². The van der Waals surface area contributed by atoms with Crippen molar-refractivity contribution in [2.24, 2.45) is 11.3 Å². The molecule has 82 valence electrons. The molecule has 0 saturated carbocycles. The first-order valence-corrected chi connectivity index (χ1v) is 5.91. The summed E-state index contributed by atoms with van der Waals surface area (Å²) in [5.74, 6) is 0.742. The molecule has 0 radical (unpaired) electrons. The number of rotatable bonds is 5. The van der Waals surface area contributed by atoms with E-state index in [1.165, 1.54) is 0 Å². The average molecular weight is 197 g/mol. The second-order valence-corrected chi connectivity index (χ2v) is 4.61. The Hall–Kier alpha value is -0.370. The van der Waals surface area contributed by atoms with Crippen molar-refractivity contribution in [3.63, 3.8) is 0 Å². The summed E-state index contributed by atoms with van der Waals surface area (Å²) in [6.07, 6.45) is 4.18. The Morgan fingerprint density at radius 2 is 2.21 bits per heavy atom. The van der Waals surface area contributed by atoms with Crippen LogP contribution in [-0.2, 0) is 4.79 Å². The van der Waals surface area contributed by atoms with Crippen molar-refractivity contribution in [3.8, 4) is 0 Å². The van der Waals surface area contributed by atoms with Crippen LogP contribution in [0.5, 0.6) is 0 Å². The zero-order chi connectivity index (χ0) is 10.6. The molecule has 0 bridgehead atoms. The first kappa shape index (κ1) is 11.7. The second-order valence-electron chi connectivity index (χ2n) is 4.61. The van der Waals surface area contributed by atoms with E-state index < -0.39 is 0 Å². The van der Waals surface area contributed by atoms with Gasteiger partial charge in [0.15, 0.2) is 0 Å². The number of nitrogens with one attached hydrogen (secondary N) is 1. The Kier molecular flexibility index (Phi) is 4.11. The minimum atomic E-state index is -0.0331. The average Bonchev–Trinajstić information content (AvgIpc) is 2.66. The van der Waals surface area contributed by atoms with Crippen LogP contribution < -0.4 is 5.32 Å². The molecule has 1 saturated heterocycles. The van der Waals surface area contributed by atoms with E-state index in [9.17, 15) is 4.79 Å². The second kappa shape index (κ2) is 4.92. The fraction of sp³-hybridized carbons (Fsp3) is 0.917. The zero-order valence-corrected chi connectivity index (χ0v) is 9.73. The first-order valence-electron chi connectivity index (χ1n) is 5.91. The van der Waals surface area contributed by atoms with Gasteiger partial charge in [0, 0.05) is 17.9 Å². The summed E-state index contributed by atoms with van der Waals surface area (Å²) in [5.41, 5.74) is -0.0331. The monoisotopic (exact) mass is 197 g/mol. The van der Waals surface area contributed by atoms with Crippen molar-refractivity contribution < 1.29 is 4.79 Å². The van der Waals surface area contributed by atoms with E-state index in [4.69, 9.17) is 0 Å². The molecule has 2 heteroatoms. The standard InChI is InChI=1S/C12H23NO/c1-4-6-10(3)11(14)12(5-2)7-8-13-9-12/h10,13H,4-9H2,1-3H3. The van der Waals surface area contributed by atoms with Crippen molar-refractivity contribution in [1.82, 2.24) is 5.32 Å². The Morgan fingerprint density at radius 3 is 2.64 bits per heavy atom. The fourth-order valence-corrected chi connectivity index (χ4v) is 2.52. The molecule has 0 spiro atoms. The Labute approximate surface area is 87.5 Å². The number of hydrogen-bond acceptors (Lipinski definition) is 2. The molecule has 2 unspecified atom stereocenters. The van der Waals surface area contributed by atoms with Gasteiger partial charge in [-0.1, -0.05) is 27.2 Å². The van der Waals surface area contributed by atoms with Gasteiger partial charge in [-0.25, -0.2) is 0 Å². The van der Waals surface area contributed by atoms with Crippen LogP contribution in [0.2, 0.25) is 0 Å². The van der Waals surface area contributed by atoms with E-state index in [1.54, 1.807) is 0 Å². The molecule has 1 aliphatic heterocycles. The Bertz CT molecular complexity index is 194. The van der Waals surface area contributed by atoms with Crippen LogP contribution in [0.4, 0.5) is 0 Å². The minimum Gasteiger partial charge on any atom is -0.316 e. The molecule has 1 aliphatic rings. The smallest absolute Gasteiger partial charge is 0.143 e. The summed E-state index contributed by atoms with van der Waals surface area (Å²) in [4.78, 5) is 12.2. The van der Waals surface area contributed by atoms with Gasteiger partial charge in [0.1, 0.15) is 5.78 Å². The van der Waals surface area contributed by atoms with Gasteiger partial charge in [0.2, 0.25) is 0 Å². The maximum atomic E-state index is 12.2. The summed E-state index contributed by atoms with van der Waals surface area (Å²) >= 11 is 0. The molecular weight excluding hydrogens is 174 g/mol. The number of Topliss-reactive ketones (excluding diaryl/α,β-unsaturated/α-hetero) is 1. The maximum Gasteiger partial charge on any atom is 0.143 e. The van der Waals surface area contributed by atoms with Gasteiger partial charge >= 0.3 is 0 Å². The third-order valence-electron chi connectivity index (χ3n) is 3.61. The molecule has 2 atom stereocenters. The molecule has 0 aromatic rings. The van der Waals surface area contributed by atoms with E-state index in [0.29, 0.717) is 5.78 Å². The molecule has 1 rings (SSSR count). The maximum absolute atomic E-state index is 12.2. The molecule has 2 nitrogen and oxygen atoms in total. The number of ketones is 1. The van der Waals surface area contributed by atoms with Crippen molar-refractivity contribution >= 4 is 5.78 Å². The molecule has 0 aliphatic carbocycles. The van der Waals surface area contributed by atoms with E-state index in [-0.39, 0.29) is 11.3 Å². The van der Waals surface area contributed by atoms with Crippen LogP contribution in [0.3, 0.4) is 0 Å². The number of carbonyl (C=O) groups is 1. The van der Waals surface area contributed by atoms with Crippen LogP contribution in [-0.4, -0.2) is 18.9 Å². The van der Waals surface area contributed by atoms with Crippen molar-refractivity contribution in [2.75, 3.05) is 13.1 Å². The predicted molar refractivity (Wildman–Crippen MR) is 59.3 cm³/mol. The Morgan fingerprint density at radius 1 is 1.50 bits per heavy atom. The third-order valence-corrected chi connectivity index (χ3v) is 3.61. The highest BCUT2D eigenvalue weighted by molar-refractivity contribution is 5.87. The normalized spacial score (nSPS) is 29.1. The highest BCUT2D eigenvalue weighted by Gasteiger charge is 2.40. The zero-order valence-electron chi connectivity index (χ0n) is 9.73. The van der Waals surface area contributed by atoms with E-state index in [1.807, 2.05) is 0 Å². The van der Waals surface area contributed by atoms with Gasteiger partial charge in [0.25, 0.3) is 0 Å². The highest BCUT2D eigenvalue weighted by Crippen LogP contribution is 2.34. The molecular formula is C12H23NO. The van der Waals surface area contributed by atoms with Crippen LogP contribution >= 0.6 is 0 Å². The van der Waals surface area contributed by atoms with Crippen LogP contribution in [0.25, 0.3) is 0 Å². The van der Waals surface area contributed by atoms with Gasteiger partial charge in [0.05, 0.1) is 0 Å². The number of hydrogen-bond donors (Lipinski definition) is 1. The summed E-state index contributed by atoms with van der Waals surface area (Å²) in [7, 11) is 0. The number of carbonyl (C=O) groups excluding carboxylic acids is 1. The van der Waals surface area contributed by atoms with Crippen molar-refractivity contribution in [2.45, 2.75) is 46.5 Å². The fourth-order valence-electron chi connectivity index (χ4n) is 2.52. The Balaban J connectivity index is 2.64. The summed E-state index contributed by atoms with van der Waals surface area (Å²) in [6, 6.07) is 0. The van der Waals surface area contributed by atoms with Gasteiger partial charge in [-0.15, -0.1) is 0 Å². The highest BCUT2D eigenvalue weighted by atomic mass is 16.1.